The second-order valence-electron chi connectivity index (χ2n) is 3.90. The van der Waals surface area contributed by atoms with E-state index in [4.69, 9.17) is 5.73 Å². The van der Waals surface area contributed by atoms with Gasteiger partial charge in [-0.05, 0) is 25.1 Å². The third-order valence-electron chi connectivity index (χ3n) is 2.47. The Labute approximate surface area is 120 Å². The summed E-state index contributed by atoms with van der Waals surface area (Å²) in [4.78, 5) is 34.6. The molecule has 0 aromatic heterocycles. The molecule has 21 heavy (non-hydrogen) atoms. The second kappa shape index (κ2) is 7.34. The van der Waals surface area contributed by atoms with Gasteiger partial charge in [0.2, 0.25) is 0 Å². The number of esters is 2. The van der Waals surface area contributed by atoms with Crippen LogP contribution in [0.1, 0.15) is 17.3 Å². The fourth-order valence-corrected chi connectivity index (χ4v) is 1.45. The molecule has 1 atom stereocenters. The number of carbonyl (C=O) groups is 3. The number of nitrogens with one attached hydrogen (secondary N) is 1. The SMILES string of the molecule is CCOC(=O)C(N)C(=O)Nc1ccc(F)cc1C(=O)OC. The van der Waals surface area contributed by atoms with Crippen LogP contribution < -0.4 is 11.1 Å². The van der Waals surface area contributed by atoms with E-state index in [9.17, 15) is 18.8 Å². The Balaban J connectivity index is 2.95. The highest BCUT2D eigenvalue weighted by atomic mass is 19.1. The van der Waals surface area contributed by atoms with Gasteiger partial charge in [0.05, 0.1) is 25.0 Å². The van der Waals surface area contributed by atoms with Gasteiger partial charge in [-0.25, -0.2) is 14.0 Å². The molecule has 1 rings (SSSR count). The average Bonchev–Trinajstić information content (AvgIpc) is 2.47. The maximum Gasteiger partial charge on any atom is 0.340 e. The highest BCUT2D eigenvalue weighted by Crippen LogP contribution is 2.18. The summed E-state index contributed by atoms with van der Waals surface area (Å²) >= 11 is 0. The lowest BCUT2D eigenvalue weighted by Gasteiger charge is -2.13. The lowest BCUT2D eigenvalue weighted by atomic mass is 10.1. The topological polar surface area (TPSA) is 108 Å². The molecule has 0 saturated heterocycles. The number of amides is 1. The van der Waals surface area contributed by atoms with Crippen LogP contribution in [0.15, 0.2) is 18.2 Å². The van der Waals surface area contributed by atoms with Crippen molar-refractivity contribution in [1.29, 1.82) is 0 Å². The summed E-state index contributed by atoms with van der Waals surface area (Å²) in [6.07, 6.45) is 0. The van der Waals surface area contributed by atoms with E-state index >= 15 is 0 Å². The molecule has 0 aliphatic heterocycles. The van der Waals surface area contributed by atoms with E-state index < -0.39 is 29.7 Å². The Morgan fingerprint density at radius 2 is 2.05 bits per heavy atom. The molecule has 0 fully saturated rings. The standard InChI is InChI=1S/C13H15FN2O5/c1-3-21-13(19)10(15)11(17)16-9-5-4-7(14)6-8(9)12(18)20-2/h4-6,10H,3,15H2,1-2H3,(H,16,17). The van der Waals surface area contributed by atoms with Crippen molar-refractivity contribution in [3.8, 4) is 0 Å². The maximum atomic E-state index is 13.1. The van der Waals surface area contributed by atoms with Gasteiger partial charge in [0.25, 0.3) is 5.91 Å². The fraction of sp³-hybridized carbons (Fsp3) is 0.308. The van der Waals surface area contributed by atoms with Crippen molar-refractivity contribution >= 4 is 23.5 Å². The van der Waals surface area contributed by atoms with Crippen LogP contribution in [-0.4, -0.2) is 37.6 Å². The van der Waals surface area contributed by atoms with Gasteiger partial charge in [-0.3, -0.25) is 4.79 Å². The van der Waals surface area contributed by atoms with Gasteiger partial charge in [0.1, 0.15) is 5.82 Å². The van der Waals surface area contributed by atoms with Crippen molar-refractivity contribution in [3.63, 3.8) is 0 Å². The van der Waals surface area contributed by atoms with Crippen LogP contribution in [-0.2, 0) is 19.1 Å². The Morgan fingerprint density at radius 3 is 2.62 bits per heavy atom. The summed E-state index contributed by atoms with van der Waals surface area (Å²) < 4.78 is 22.2. The molecular weight excluding hydrogens is 283 g/mol. The van der Waals surface area contributed by atoms with Gasteiger partial charge in [0.15, 0.2) is 6.04 Å². The average molecular weight is 298 g/mol. The molecule has 3 N–H and O–H groups in total. The van der Waals surface area contributed by atoms with Gasteiger partial charge in [0, 0.05) is 0 Å². The van der Waals surface area contributed by atoms with Crippen molar-refractivity contribution in [2.45, 2.75) is 13.0 Å². The van der Waals surface area contributed by atoms with Crippen molar-refractivity contribution in [2.24, 2.45) is 5.73 Å². The monoisotopic (exact) mass is 298 g/mol. The number of hydrogen-bond acceptors (Lipinski definition) is 6. The van der Waals surface area contributed by atoms with E-state index in [1.807, 2.05) is 0 Å². The Kier molecular flexibility index (Phi) is 5.79. The first-order valence-electron chi connectivity index (χ1n) is 6.01. The van der Waals surface area contributed by atoms with Crippen LogP contribution in [0.2, 0.25) is 0 Å². The number of halogens is 1. The highest BCUT2D eigenvalue weighted by Gasteiger charge is 2.25. The molecule has 1 aromatic carbocycles. The maximum absolute atomic E-state index is 13.1. The number of rotatable bonds is 5. The van der Waals surface area contributed by atoms with Crippen LogP contribution in [0.3, 0.4) is 0 Å². The zero-order chi connectivity index (χ0) is 16.0. The van der Waals surface area contributed by atoms with Crippen LogP contribution in [0.5, 0.6) is 0 Å². The number of nitrogens with two attached hydrogens (primary N) is 1. The third-order valence-corrected chi connectivity index (χ3v) is 2.47. The van der Waals surface area contributed by atoms with Crippen LogP contribution in [0.4, 0.5) is 10.1 Å². The number of methoxy groups -OCH3 is 1. The van der Waals surface area contributed by atoms with Gasteiger partial charge in [-0.1, -0.05) is 0 Å². The summed E-state index contributed by atoms with van der Waals surface area (Å²) in [5.74, 6) is -3.31. The van der Waals surface area contributed by atoms with Crippen molar-refractivity contribution < 1.29 is 28.2 Å². The van der Waals surface area contributed by atoms with Crippen molar-refractivity contribution in [3.05, 3.63) is 29.6 Å². The summed E-state index contributed by atoms with van der Waals surface area (Å²) in [7, 11) is 1.11. The molecule has 8 heteroatoms. The molecule has 1 aromatic rings. The first kappa shape index (κ1) is 16.6. The number of hydrogen-bond donors (Lipinski definition) is 2. The minimum atomic E-state index is -1.56. The first-order chi connectivity index (χ1) is 9.90. The molecule has 0 radical (unpaired) electrons. The Morgan fingerprint density at radius 1 is 1.38 bits per heavy atom. The zero-order valence-electron chi connectivity index (χ0n) is 11.5. The lowest BCUT2D eigenvalue weighted by molar-refractivity contribution is -0.146. The van der Waals surface area contributed by atoms with E-state index in [1.165, 1.54) is 0 Å². The van der Waals surface area contributed by atoms with Gasteiger partial charge < -0.3 is 20.5 Å². The highest BCUT2D eigenvalue weighted by molar-refractivity contribution is 6.10. The minimum absolute atomic E-state index is 0.0204. The summed E-state index contributed by atoms with van der Waals surface area (Å²) in [6, 6.07) is 1.55. The quantitative estimate of drug-likeness (QED) is 0.603. The molecule has 0 aliphatic carbocycles. The van der Waals surface area contributed by atoms with Crippen LogP contribution in [0, 0.1) is 5.82 Å². The molecule has 0 heterocycles. The number of ether oxygens (including phenoxy) is 2. The molecule has 0 aliphatic rings. The normalized spacial score (nSPS) is 11.4. The number of carbonyl (C=O) groups excluding carboxylic acids is 3. The predicted octanol–water partition coefficient (Wildman–Crippen LogP) is 0.441. The van der Waals surface area contributed by atoms with Crippen molar-refractivity contribution in [2.75, 3.05) is 19.0 Å². The lowest BCUT2D eigenvalue weighted by Crippen LogP contribution is -2.43. The van der Waals surface area contributed by atoms with E-state index in [0.717, 1.165) is 25.3 Å². The molecule has 114 valence electrons. The van der Waals surface area contributed by atoms with E-state index in [-0.39, 0.29) is 17.9 Å². The van der Waals surface area contributed by atoms with Gasteiger partial charge >= 0.3 is 11.9 Å². The Bertz CT molecular complexity index is 561. The summed E-state index contributed by atoms with van der Waals surface area (Å²) in [6.45, 7) is 1.64. The molecule has 7 nitrogen and oxygen atoms in total. The number of anilines is 1. The molecular formula is C13H15FN2O5. The van der Waals surface area contributed by atoms with Crippen LogP contribution >= 0.6 is 0 Å². The largest absolute Gasteiger partial charge is 0.465 e. The van der Waals surface area contributed by atoms with E-state index in [2.05, 4.69) is 14.8 Å². The Hall–Kier alpha value is -2.48. The molecule has 1 amide bonds. The van der Waals surface area contributed by atoms with Gasteiger partial charge in [-0.2, -0.15) is 0 Å². The van der Waals surface area contributed by atoms with Gasteiger partial charge in [-0.15, -0.1) is 0 Å². The van der Waals surface area contributed by atoms with E-state index in [0.29, 0.717) is 0 Å². The summed E-state index contributed by atoms with van der Waals surface area (Å²) in [5, 5.41) is 2.26. The zero-order valence-corrected chi connectivity index (χ0v) is 11.5. The second-order valence-corrected chi connectivity index (χ2v) is 3.90. The third kappa shape index (κ3) is 4.25. The van der Waals surface area contributed by atoms with Crippen LogP contribution in [0.25, 0.3) is 0 Å². The molecule has 0 saturated carbocycles. The predicted molar refractivity (Wildman–Crippen MR) is 71.0 cm³/mol. The molecule has 0 spiro atoms. The summed E-state index contributed by atoms with van der Waals surface area (Å²) in [5.41, 5.74) is 5.19. The minimum Gasteiger partial charge on any atom is -0.465 e. The van der Waals surface area contributed by atoms with E-state index in [1.54, 1.807) is 6.92 Å². The molecule has 1 unspecified atom stereocenters. The fourth-order valence-electron chi connectivity index (χ4n) is 1.45. The number of benzene rings is 1. The molecule has 0 bridgehead atoms. The van der Waals surface area contributed by atoms with Crippen molar-refractivity contribution in [1.82, 2.24) is 0 Å². The smallest absolute Gasteiger partial charge is 0.340 e. The first-order valence-corrected chi connectivity index (χ1v) is 6.01.